The monoisotopic (exact) mass is 517 g/mol. The number of hydrogen-bond acceptors (Lipinski definition) is 6. The van der Waals surface area contributed by atoms with Crippen LogP contribution in [0.1, 0.15) is 36.7 Å². The predicted molar refractivity (Wildman–Crippen MR) is 145 cm³/mol. The third-order valence-electron chi connectivity index (χ3n) is 5.88. The first-order valence-corrected chi connectivity index (χ1v) is 12.4. The smallest absolute Gasteiger partial charge is 0.410 e. The van der Waals surface area contributed by atoms with Gasteiger partial charge in [-0.05, 0) is 39.0 Å². The minimum absolute atomic E-state index is 0.266. The summed E-state index contributed by atoms with van der Waals surface area (Å²) < 4.78 is 6.68. The van der Waals surface area contributed by atoms with Gasteiger partial charge in [0.15, 0.2) is 12.4 Å². The first-order chi connectivity index (χ1) is 17.6. The third-order valence-corrected chi connectivity index (χ3v) is 6.98. The Labute approximate surface area is 218 Å². The lowest BCUT2D eigenvalue weighted by molar-refractivity contribution is -0.119. The Kier molecular flexibility index (Phi) is 7.26. The zero-order valence-corrected chi connectivity index (χ0v) is 21.8. The fraction of sp³-hybridized carbons (Fsp3) is 0.214. The highest BCUT2D eigenvalue weighted by Gasteiger charge is 2.26. The maximum absolute atomic E-state index is 13.6. The molecule has 0 spiro atoms. The Morgan fingerprint density at radius 2 is 1.57 bits per heavy atom. The Morgan fingerprint density at radius 1 is 0.946 bits per heavy atom. The lowest BCUT2D eigenvalue weighted by Gasteiger charge is -2.30. The molecule has 0 saturated heterocycles. The van der Waals surface area contributed by atoms with E-state index in [0.717, 1.165) is 11.3 Å². The minimum atomic E-state index is -0.641. The number of ketones is 1. The summed E-state index contributed by atoms with van der Waals surface area (Å²) in [6.45, 7) is 5.01. The van der Waals surface area contributed by atoms with E-state index < -0.39 is 24.1 Å². The van der Waals surface area contributed by atoms with Crippen molar-refractivity contribution in [2.75, 3.05) is 19.0 Å². The van der Waals surface area contributed by atoms with Crippen LogP contribution in [0, 0.1) is 0 Å². The Hall–Kier alpha value is -4.24. The molecule has 37 heavy (non-hydrogen) atoms. The van der Waals surface area contributed by atoms with Crippen molar-refractivity contribution >= 4 is 44.3 Å². The van der Waals surface area contributed by atoms with E-state index >= 15 is 0 Å². The van der Waals surface area contributed by atoms with Crippen LogP contribution in [0.3, 0.4) is 0 Å². The van der Waals surface area contributed by atoms with Crippen LogP contribution in [0.15, 0.2) is 77.6 Å². The van der Waals surface area contributed by atoms with Crippen LogP contribution in [0.4, 0.5) is 9.80 Å². The molecule has 2 heterocycles. The largest absolute Gasteiger partial charge is 0.439 e. The van der Waals surface area contributed by atoms with Gasteiger partial charge in [0.25, 0.3) is 11.5 Å². The van der Waals surface area contributed by atoms with Crippen molar-refractivity contribution in [2.24, 2.45) is 0 Å². The Bertz CT molecular complexity index is 1520. The van der Waals surface area contributed by atoms with Crippen molar-refractivity contribution in [3.05, 3.63) is 94.3 Å². The molecule has 0 aliphatic carbocycles. The van der Waals surface area contributed by atoms with E-state index in [9.17, 15) is 19.2 Å². The molecule has 4 rings (SSSR count). The molecule has 0 fully saturated rings. The van der Waals surface area contributed by atoms with Gasteiger partial charge in [-0.25, -0.2) is 4.79 Å². The van der Waals surface area contributed by atoms with Crippen molar-refractivity contribution in [3.63, 3.8) is 0 Å². The molecule has 0 aliphatic rings. The van der Waals surface area contributed by atoms with Crippen molar-refractivity contribution in [2.45, 2.75) is 26.3 Å². The molecule has 9 heteroatoms. The summed E-state index contributed by atoms with van der Waals surface area (Å²) in [6, 6.07) is 20.8. The van der Waals surface area contributed by atoms with Gasteiger partial charge in [-0.3, -0.25) is 19.0 Å². The summed E-state index contributed by atoms with van der Waals surface area (Å²) in [6.07, 6.45) is -0.641. The number of thiophene rings is 1. The van der Waals surface area contributed by atoms with E-state index in [-0.39, 0.29) is 21.9 Å². The molecule has 0 aliphatic heterocycles. The number of hydrogen-bond donors (Lipinski definition) is 1. The summed E-state index contributed by atoms with van der Waals surface area (Å²) in [5.41, 5.74) is 0.594. The predicted octanol–water partition coefficient (Wildman–Crippen LogP) is 5.09. The molecule has 0 bridgehead atoms. The number of pyridine rings is 1. The number of benzene rings is 2. The number of fused-ring (bicyclic) bond motifs is 1. The summed E-state index contributed by atoms with van der Waals surface area (Å²) in [5, 5.41) is 3.53. The van der Waals surface area contributed by atoms with E-state index in [0.29, 0.717) is 21.5 Å². The van der Waals surface area contributed by atoms with Gasteiger partial charge in [-0.2, -0.15) is 0 Å². The van der Waals surface area contributed by atoms with Crippen molar-refractivity contribution < 1.29 is 19.1 Å². The second kappa shape index (κ2) is 10.4. The Balaban J connectivity index is 1.75. The maximum Gasteiger partial charge on any atom is 0.410 e. The first-order valence-electron chi connectivity index (χ1n) is 11.6. The number of rotatable bonds is 6. The van der Waals surface area contributed by atoms with Crippen molar-refractivity contribution in [1.29, 1.82) is 0 Å². The summed E-state index contributed by atoms with van der Waals surface area (Å²) in [7, 11) is 1.59. The van der Waals surface area contributed by atoms with Crippen LogP contribution in [0.2, 0.25) is 0 Å². The molecule has 2 aromatic carbocycles. The van der Waals surface area contributed by atoms with Crippen LogP contribution in [-0.2, 0) is 9.53 Å². The van der Waals surface area contributed by atoms with E-state index in [1.54, 1.807) is 55.6 Å². The van der Waals surface area contributed by atoms with Crippen LogP contribution in [0.5, 0.6) is 0 Å². The zero-order chi connectivity index (χ0) is 26.7. The van der Waals surface area contributed by atoms with Crippen LogP contribution in [-0.4, -0.2) is 46.4 Å². The first kappa shape index (κ1) is 25.8. The normalized spacial score (nSPS) is 11.2. The number of amides is 2. The highest BCUT2D eigenvalue weighted by atomic mass is 32.1. The van der Waals surface area contributed by atoms with Gasteiger partial charge in [0.05, 0.1) is 11.3 Å². The summed E-state index contributed by atoms with van der Waals surface area (Å²) >= 11 is 1.11. The molecule has 0 saturated carbocycles. The van der Waals surface area contributed by atoms with E-state index in [2.05, 4.69) is 5.32 Å². The third kappa shape index (κ3) is 5.46. The van der Waals surface area contributed by atoms with Gasteiger partial charge < -0.3 is 15.0 Å². The lowest BCUT2D eigenvalue weighted by atomic mass is 10.0. The quantitative estimate of drug-likeness (QED) is 0.360. The average molecular weight is 518 g/mol. The molecule has 0 unspecified atom stereocenters. The van der Waals surface area contributed by atoms with Gasteiger partial charge in [-0.1, -0.05) is 59.9 Å². The second-order valence-corrected chi connectivity index (χ2v) is 10.4. The number of para-hydroxylation sites is 1. The van der Waals surface area contributed by atoms with E-state index in [4.69, 9.17) is 4.74 Å². The molecule has 0 atom stereocenters. The van der Waals surface area contributed by atoms with Gasteiger partial charge in [-0.15, -0.1) is 0 Å². The van der Waals surface area contributed by atoms with E-state index in [1.165, 1.54) is 15.5 Å². The number of anilines is 1. The molecule has 8 nitrogen and oxygen atoms in total. The standard InChI is InChI=1S/C28H27N3O5S/c1-28(2,3)30(4)27(35)36-17-21(32)29-25-23(24(34)18-11-7-5-8-12-18)20-15-16-22(33)31(26(20)37-25)19-13-9-6-10-14-19/h5-16H,17H2,1-4H3,(H,29,32). The zero-order valence-electron chi connectivity index (χ0n) is 21.0. The number of aromatic nitrogens is 1. The number of carbonyl (C=O) groups excluding carboxylic acids is 3. The number of carbonyl (C=O) groups is 3. The van der Waals surface area contributed by atoms with Gasteiger partial charge in [0.1, 0.15) is 9.83 Å². The Morgan fingerprint density at radius 3 is 2.19 bits per heavy atom. The number of ether oxygens (including phenoxy) is 1. The van der Waals surface area contributed by atoms with Gasteiger partial charge in [0.2, 0.25) is 0 Å². The fourth-order valence-corrected chi connectivity index (χ4v) is 4.84. The molecule has 2 aromatic heterocycles. The van der Waals surface area contributed by atoms with Crippen molar-refractivity contribution in [3.8, 4) is 5.69 Å². The van der Waals surface area contributed by atoms with Crippen molar-refractivity contribution in [1.82, 2.24) is 9.47 Å². The minimum Gasteiger partial charge on any atom is -0.439 e. The summed E-state index contributed by atoms with van der Waals surface area (Å²) in [5.74, 6) is -0.900. The van der Waals surface area contributed by atoms with Crippen LogP contribution < -0.4 is 10.9 Å². The number of nitrogens with zero attached hydrogens (tertiary/aromatic N) is 2. The SMILES string of the molecule is CN(C(=O)OCC(=O)Nc1sc2c(ccc(=O)n2-c2ccccc2)c1C(=O)c1ccccc1)C(C)(C)C. The van der Waals surface area contributed by atoms with E-state index in [1.807, 2.05) is 39.0 Å². The average Bonchev–Trinajstić information content (AvgIpc) is 3.24. The highest BCUT2D eigenvalue weighted by Crippen LogP contribution is 2.37. The van der Waals surface area contributed by atoms with Crippen LogP contribution in [0.25, 0.3) is 15.9 Å². The molecule has 2 amide bonds. The molecule has 0 radical (unpaired) electrons. The molecule has 190 valence electrons. The van der Waals surface area contributed by atoms with Gasteiger partial charge in [0, 0.05) is 29.6 Å². The topological polar surface area (TPSA) is 97.7 Å². The molecular formula is C28H27N3O5S. The summed E-state index contributed by atoms with van der Waals surface area (Å²) in [4.78, 5) is 53.5. The molecule has 4 aromatic rings. The fourth-order valence-electron chi connectivity index (χ4n) is 3.61. The van der Waals surface area contributed by atoms with Crippen LogP contribution >= 0.6 is 11.3 Å². The number of nitrogens with one attached hydrogen (secondary N) is 1. The molecule has 1 N–H and O–H groups in total. The second-order valence-electron chi connectivity index (χ2n) is 9.40. The lowest BCUT2D eigenvalue weighted by Crippen LogP contribution is -2.43. The highest BCUT2D eigenvalue weighted by molar-refractivity contribution is 7.23. The maximum atomic E-state index is 13.6. The van der Waals surface area contributed by atoms with Gasteiger partial charge >= 0.3 is 6.09 Å². The molecular weight excluding hydrogens is 490 g/mol.